The highest BCUT2D eigenvalue weighted by Crippen LogP contribution is 2.27. The standard InChI is InChI=1S/C17H24N4O2S/c1-2-10-21(18)15-7-11-20(12-8-15)24(22,23)17-5-3-4-14-13-19-9-6-16(14)17/h3-6,9,13,15H,2,7-8,10-12,18H2,1H3. The van der Waals surface area contributed by atoms with Gasteiger partial charge >= 0.3 is 0 Å². The number of aromatic nitrogens is 1. The summed E-state index contributed by atoms with van der Waals surface area (Å²) in [5.41, 5.74) is 0. The first-order valence-electron chi connectivity index (χ1n) is 8.38. The molecule has 0 spiro atoms. The number of piperidine rings is 1. The fraction of sp³-hybridized carbons (Fsp3) is 0.471. The Morgan fingerprint density at radius 1 is 1.29 bits per heavy atom. The highest BCUT2D eigenvalue weighted by Gasteiger charge is 2.31. The van der Waals surface area contributed by atoms with Gasteiger partial charge in [0, 0.05) is 48.8 Å². The van der Waals surface area contributed by atoms with E-state index in [0.29, 0.717) is 18.0 Å². The van der Waals surface area contributed by atoms with Gasteiger partial charge in [0.05, 0.1) is 4.90 Å². The molecular weight excluding hydrogens is 324 g/mol. The monoisotopic (exact) mass is 348 g/mol. The molecule has 1 saturated heterocycles. The molecule has 1 aromatic heterocycles. The van der Waals surface area contributed by atoms with Crippen LogP contribution in [0, 0.1) is 0 Å². The average molecular weight is 348 g/mol. The van der Waals surface area contributed by atoms with Crippen molar-refractivity contribution in [3.63, 3.8) is 0 Å². The molecule has 0 atom stereocenters. The van der Waals surface area contributed by atoms with Crippen LogP contribution in [-0.2, 0) is 10.0 Å². The second-order valence-corrected chi connectivity index (χ2v) is 8.13. The van der Waals surface area contributed by atoms with E-state index in [1.165, 1.54) is 0 Å². The maximum absolute atomic E-state index is 13.1. The fourth-order valence-corrected chi connectivity index (χ4v) is 5.00. The maximum Gasteiger partial charge on any atom is 0.243 e. The SMILES string of the molecule is CCCN(N)C1CCN(S(=O)(=O)c2cccc3cnccc23)CC1. The van der Waals surface area contributed by atoms with Gasteiger partial charge in [0.2, 0.25) is 10.0 Å². The average Bonchev–Trinajstić information content (AvgIpc) is 2.61. The van der Waals surface area contributed by atoms with Crippen LogP contribution in [0.1, 0.15) is 26.2 Å². The van der Waals surface area contributed by atoms with E-state index in [1.807, 2.05) is 11.1 Å². The molecule has 2 aromatic rings. The molecule has 6 nitrogen and oxygen atoms in total. The van der Waals surface area contributed by atoms with E-state index in [0.717, 1.165) is 36.6 Å². The van der Waals surface area contributed by atoms with Crippen LogP contribution in [0.25, 0.3) is 10.8 Å². The summed E-state index contributed by atoms with van der Waals surface area (Å²) >= 11 is 0. The van der Waals surface area contributed by atoms with Crippen LogP contribution in [0.5, 0.6) is 0 Å². The smallest absolute Gasteiger partial charge is 0.243 e. The molecule has 24 heavy (non-hydrogen) atoms. The first-order chi connectivity index (χ1) is 11.5. The number of nitrogens with two attached hydrogens (primary N) is 1. The summed E-state index contributed by atoms with van der Waals surface area (Å²) in [6.07, 6.45) is 5.85. The third-order valence-electron chi connectivity index (χ3n) is 4.63. The summed E-state index contributed by atoms with van der Waals surface area (Å²) in [7, 11) is -3.50. The fourth-order valence-electron chi connectivity index (χ4n) is 3.31. The Morgan fingerprint density at radius 2 is 2.04 bits per heavy atom. The van der Waals surface area contributed by atoms with Crippen LogP contribution >= 0.6 is 0 Å². The van der Waals surface area contributed by atoms with Crippen LogP contribution in [0.4, 0.5) is 0 Å². The van der Waals surface area contributed by atoms with Crippen molar-refractivity contribution in [3.05, 3.63) is 36.7 Å². The van der Waals surface area contributed by atoms with Crippen molar-refractivity contribution < 1.29 is 8.42 Å². The van der Waals surface area contributed by atoms with Crippen molar-refractivity contribution in [2.24, 2.45) is 5.84 Å². The number of sulfonamides is 1. The van der Waals surface area contributed by atoms with Gasteiger partial charge < -0.3 is 0 Å². The van der Waals surface area contributed by atoms with Gasteiger partial charge in [-0.2, -0.15) is 4.31 Å². The Kier molecular flexibility index (Phi) is 5.15. The lowest BCUT2D eigenvalue weighted by Gasteiger charge is -2.35. The Hall–Kier alpha value is -1.54. The molecule has 0 bridgehead atoms. The van der Waals surface area contributed by atoms with Gasteiger partial charge in [-0.1, -0.05) is 19.1 Å². The topological polar surface area (TPSA) is 79.5 Å². The molecule has 130 valence electrons. The van der Waals surface area contributed by atoms with Crippen molar-refractivity contribution in [3.8, 4) is 0 Å². The highest BCUT2D eigenvalue weighted by atomic mass is 32.2. The zero-order chi connectivity index (χ0) is 17.2. The Balaban J connectivity index is 1.82. The van der Waals surface area contributed by atoms with Gasteiger partial charge in [-0.3, -0.25) is 10.8 Å². The van der Waals surface area contributed by atoms with E-state index in [-0.39, 0.29) is 6.04 Å². The molecule has 0 radical (unpaired) electrons. The number of nitrogens with zero attached hydrogens (tertiary/aromatic N) is 3. The molecule has 2 N–H and O–H groups in total. The predicted octanol–water partition coefficient (Wildman–Crippen LogP) is 1.97. The summed E-state index contributed by atoms with van der Waals surface area (Å²) < 4.78 is 27.7. The van der Waals surface area contributed by atoms with E-state index in [9.17, 15) is 8.42 Å². The second-order valence-electron chi connectivity index (χ2n) is 6.23. The molecule has 3 rings (SSSR count). The van der Waals surface area contributed by atoms with Crippen molar-refractivity contribution in [2.75, 3.05) is 19.6 Å². The largest absolute Gasteiger partial charge is 0.269 e. The minimum Gasteiger partial charge on any atom is -0.269 e. The van der Waals surface area contributed by atoms with Crippen LogP contribution in [0.2, 0.25) is 0 Å². The van der Waals surface area contributed by atoms with E-state index < -0.39 is 10.0 Å². The predicted molar refractivity (Wildman–Crippen MR) is 94.7 cm³/mol. The molecule has 0 aliphatic carbocycles. The van der Waals surface area contributed by atoms with E-state index in [4.69, 9.17) is 5.84 Å². The minimum atomic E-state index is -3.50. The summed E-state index contributed by atoms with van der Waals surface area (Å²) in [6.45, 7) is 3.94. The van der Waals surface area contributed by atoms with Crippen molar-refractivity contribution >= 4 is 20.8 Å². The van der Waals surface area contributed by atoms with Crippen LogP contribution < -0.4 is 5.84 Å². The lowest BCUT2D eigenvalue weighted by molar-refractivity contribution is 0.141. The minimum absolute atomic E-state index is 0.258. The molecule has 7 heteroatoms. The molecule has 0 unspecified atom stereocenters. The number of benzene rings is 1. The van der Waals surface area contributed by atoms with Gasteiger partial charge in [-0.15, -0.1) is 0 Å². The third kappa shape index (κ3) is 3.30. The highest BCUT2D eigenvalue weighted by molar-refractivity contribution is 7.89. The maximum atomic E-state index is 13.1. The molecule has 0 amide bonds. The number of rotatable bonds is 5. The molecular formula is C17H24N4O2S. The lowest BCUT2D eigenvalue weighted by Crippen LogP contribution is -2.49. The molecule has 1 aliphatic heterocycles. The molecule has 0 saturated carbocycles. The number of hydrogen-bond acceptors (Lipinski definition) is 5. The van der Waals surface area contributed by atoms with Crippen molar-refractivity contribution in [1.82, 2.24) is 14.3 Å². The zero-order valence-electron chi connectivity index (χ0n) is 13.9. The van der Waals surface area contributed by atoms with Crippen LogP contribution in [0.3, 0.4) is 0 Å². The van der Waals surface area contributed by atoms with Gasteiger partial charge in [0.1, 0.15) is 0 Å². The normalized spacial score (nSPS) is 17.6. The van der Waals surface area contributed by atoms with Gasteiger partial charge in [-0.05, 0) is 31.4 Å². The molecule has 1 aromatic carbocycles. The number of fused-ring (bicyclic) bond motifs is 1. The number of pyridine rings is 1. The third-order valence-corrected chi connectivity index (χ3v) is 6.59. The summed E-state index contributed by atoms with van der Waals surface area (Å²) in [5, 5.41) is 3.42. The van der Waals surface area contributed by atoms with Crippen LogP contribution in [-0.4, -0.2) is 48.4 Å². The van der Waals surface area contributed by atoms with Crippen molar-refractivity contribution in [1.29, 1.82) is 0 Å². The van der Waals surface area contributed by atoms with E-state index in [1.54, 1.807) is 34.9 Å². The Bertz CT molecular complexity index is 796. The first-order valence-corrected chi connectivity index (χ1v) is 9.82. The first kappa shape index (κ1) is 17.3. The summed E-state index contributed by atoms with van der Waals surface area (Å²) in [6, 6.07) is 7.35. The van der Waals surface area contributed by atoms with E-state index in [2.05, 4.69) is 11.9 Å². The second kappa shape index (κ2) is 7.14. The van der Waals surface area contributed by atoms with Gasteiger partial charge in [-0.25, -0.2) is 13.4 Å². The van der Waals surface area contributed by atoms with Crippen LogP contribution in [0.15, 0.2) is 41.6 Å². The molecule has 2 heterocycles. The molecule has 1 fully saturated rings. The van der Waals surface area contributed by atoms with Crippen molar-refractivity contribution in [2.45, 2.75) is 37.1 Å². The Labute approximate surface area is 143 Å². The number of hydrazine groups is 1. The number of hydrogen-bond donors (Lipinski definition) is 1. The summed E-state index contributed by atoms with van der Waals surface area (Å²) in [4.78, 5) is 4.43. The van der Waals surface area contributed by atoms with Gasteiger partial charge in [0.25, 0.3) is 0 Å². The lowest BCUT2D eigenvalue weighted by atomic mass is 10.1. The van der Waals surface area contributed by atoms with E-state index >= 15 is 0 Å². The quantitative estimate of drug-likeness (QED) is 0.660. The zero-order valence-corrected chi connectivity index (χ0v) is 14.7. The Morgan fingerprint density at radius 3 is 2.75 bits per heavy atom. The van der Waals surface area contributed by atoms with Gasteiger partial charge in [0.15, 0.2) is 0 Å². The molecule has 1 aliphatic rings. The summed E-state index contributed by atoms with van der Waals surface area (Å²) in [5.74, 6) is 6.06.